The molecule has 0 heterocycles. The van der Waals surface area contributed by atoms with E-state index in [0.717, 1.165) is 0 Å². The minimum atomic E-state index is 0. The smallest absolute Gasteiger partial charge is 0.512 e. The summed E-state index contributed by atoms with van der Waals surface area (Å²) in [5.74, 6) is 0. The first-order valence-electron chi connectivity index (χ1n) is 1.34. The van der Waals surface area contributed by atoms with E-state index in [1.54, 1.807) is 0 Å². The molecule has 0 bridgehead atoms. The van der Waals surface area contributed by atoms with E-state index in [9.17, 15) is 0 Å². The summed E-state index contributed by atoms with van der Waals surface area (Å²) in [7, 11) is 0. The van der Waals surface area contributed by atoms with Crippen LogP contribution in [0.15, 0.2) is 0 Å². The van der Waals surface area contributed by atoms with Crippen molar-refractivity contribution in [1.82, 2.24) is 0 Å². The van der Waals surface area contributed by atoms with E-state index >= 15 is 0 Å². The summed E-state index contributed by atoms with van der Waals surface area (Å²) in [6.45, 7) is 28.5. The van der Waals surface area contributed by atoms with Crippen LogP contribution in [0, 0.1) is 71.0 Å². The summed E-state index contributed by atoms with van der Waals surface area (Å²) in [6.07, 6.45) is 0. The summed E-state index contributed by atoms with van der Waals surface area (Å²) in [4.78, 5) is 0. The molecule has 0 saturated carbocycles. The molecule has 0 aliphatic rings. The van der Waals surface area contributed by atoms with Gasteiger partial charge in [-0.3, -0.25) is 0 Å². The van der Waals surface area contributed by atoms with E-state index in [1.807, 2.05) is 0 Å². The van der Waals surface area contributed by atoms with Gasteiger partial charge in [-0.2, -0.15) is 0 Å². The van der Waals surface area contributed by atoms with Crippen molar-refractivity contribution in [2.24, 2.45) is 0 Å². The van der Waals surface area contributed by atoms with Gasteiger partial charge in [0.1, 0.15) is 0 Å². The first-order chi connectivity index (χ1) is 6.00. The van der Waals surface area contributed by atoms with Crippen molar-refractivity contribution in [3.63, 3.8) is 0 Å². The molecule has 0 unspecified atom stereocenters. The third-order valence-corrected chi connectivity index (χ3v) is 0. The Morgan fingerprint density at radius 2 is 0.312 bits per heavy atom. The van der Waals surface area contributed by atoms with Crippen LogP contribution in [0.3, 0.4) is 0 Å². The quantitative estimate of drug-likeness (QED) is 0.318. The monoisotopic (exact) mass is 332 g/mol. The van der Waals surface area contributed by atoms with E-state index in [2.05, 4.69) is 0 Å². The van der Waals surface area contributed by atoms with Crippen molar-refractivity contribution in [1.29, 1.82) is 31.6 Å². The standard InChI is InChI=1S/6CN.Co.3K/c6*1-2;;;;/q6*-1;+3;3*+1. The van der Waals surface area contributed by atoms with Crippen molar-refractivity contribution >= 4 is 0 Å². The van der Waals surface area contributed by atoms with E-state index in [1.165, 1.54) is 0 Å². The molecule has 0 atom stereocenters. The van der Waals surface area contributed by atoms with Crippen LogP contribution in [-0.2, 0) is 16.8 Å². The Kier molecular flexibility index (Phi) is 4140. The van der Waals surface area contributed by atoms with Crippen LogP contribution in [0.25, 0.3) is 0 Å². The second-order valence-electron chi connectivity index (χ2n) is 0. The maximum Gasteiger partial charge on any atom is 3.00 e. The minimum absolute atomic E-state index is 0. The molecule has 0 aliphatic carbocycles. The van der Waals surface area contributed by atoms with Crippen LogP contribution >= 0.6 is 0 Å². The van der Waals surface area contributed by atoms with E-state index < -0.39 is 0 Å². The zero-order chi connectivity index (χ0) is 12.0. The Hall–Kier alpha value is 2.36. The van der Waals surface area contributed by atoms with Gasteiger partial charge in [-0.15, -0.1) is 0 Å². The molecular weight excluding hydrogens is 332 g/mol. The zero-order valence-corrected chi connectivity index (χ0v) is 19.4. The predicted molar refractivity (Wildman–Crippen MR) is 29.8 cm³/mol. The van der Waals surface area contributed by atoms with Crippen LogP contribution in [-0.4, -0.2) is 0 Å². The van der Waals surface area contributed by atoms with Gasteiger partial charge in [0.05, 0.1) is 0 Å². The van der Waals surface area contributed by atoms with Gasteiger partial charge in [-0.25, -0.2) is 0 Å². The van der Waals surface area contributed by atoms with E-state index in [0.29, 0.717) is 0 Å². The molecule has 0 aromatic rings. The largest absolute Gasteiger partial charge is 3.00 e. The maximum atomic E-state index is 6.25. The molecule has 0 rings (SSSR count). The van der Waals surface area contributed by atoms with Crippen LogP contribution in [0.2, 0.25) is 0 Å². The third kappa shape index (κ3) is 695. The predicted octanol–water partition coefficient (Wildman–Crippen LogP) is -8.41. The van der Waals surface area contributed by atoms with Crippen LogP contribution in [0.5, 0.6) is 0 Å². The van der Waals surface area contributed by atoms with Crippen LogP contribution < -0.4 is 154 Å². The summed E-state index contributed by atoms with van der Waals surface area (Å²) in [6, 6.07) is 0. The van der Waals surface area contributed by atoms with Gasteiger partial charge in [0.25, 0.3) is 0 Å². The second-order valence-corrected chi connectivity index (χ2v) is 0. The first kappa shape index (κ1) is 79.2. The van der Waals surface area contributed by atoms with E-state index in [-0.39, 0.29) is 171 Å². The summed E-state index contributed by atoms with van der Waals surface area (Å²) in [5.41, 5.74) is 0. The summed E-state index contributed by atoms with van der Waals surface area (Å²) >= 11 is 0. The molecule has 6 nitrogen and oxygen atoms in total. The number of rotatable bonds is 0. The third-order valence-electron chi connectivity index (χ3n) is 0. The average Bonchev–Trinajstić information content (AvgIpc) is 2.33. The Labute approximate surface area is 235 Å². The van der Waals surface area contributed by atoms with Gasteiger partial charge in [0.2, 0.25) is 0 Å². The van der Waals surface area contributed by atoms with E-state index in [4.69, 9.17) is 71.0 Å². The Morgan fingerprint density at radius 3 is 0.312 bits per heavy atom. The van der Waals surface area contributed by atoms with Crippen molar-refractivity contribution in [3.05, 3.63) is 39.4 Å². The van der Waals surface area contributed by atoms with Crippen molar-refractivity contribution < 1.29 is 171 Å². The first-order valence-corrected chi connectivity index (χ1v) is 1.34. The number of nitrogens with zero attached hydrogens (tertiary/aromatic N) is 6. The van der Waals surface area contributed by atoms with Crippen molar-refractivity contribution in [2.75, 3.05) is 0 Å². The van der Waals surface area contributed by atoms with Gasteiger partial charge in [0, 0.05) is 0 Å². The molecule has 0 aliphatic heterocycles. The fourth-order valence-corrected chi connectivity index (χ4v) is 0. The zero-order valence-electron chi connectivity index (χ0n) is 9.02. The van der Waals surface area contributed by atoms with Gasteiger partial charge < -0.3 is 71.0 Å². The van der Waals surface area contributed by atoms with Crippen LogP contribution in [0.1, 0.15) is 0 Å². The Balaban J connectivity index is -0.00000000321. The van der Waals surface area contributed by atoms with Gasteiger partial charge in [-0.1, -0.05) is 0 Å². The van der Waals surface area contributed by atoms with Crippen LogP contribution in [0.4, 0.5) is 0 Å². The van der Waals surface area contributed by atoms with Gasteiger partial charge in [0.15, 0.2) is 0 Å². The number of hydrogen-bond acceptors (Lipinski definition) is 6. The molecule has 16 heavy (non-hydrogen) atoms. The molecule has 0 radical (unpaired) electrons. The molecule has 0 amide bonds. The molecule has 10 heteroatoms. The SMILES string of the molecule is [C-]#N.[C-]#N.[C-]#N.[C-]#N.[C-]#N.[C-]#N.[Co+3].[K+].[K+].[K+]. The molecular formula is C6CoK3N6. The van der Waals surface area contributed by atoms with Gasteiger partial charge >= 0.3 is 171 Å². The minimum Gasteiger partial charge on any atom is -0.512 e. The molecule has 0 aromatic heterocycles. The average molecular weight is 332 g/mol. The fourth-order valence-electron chi connectivity index (χ4n) is 0. The summed E-state index contributed by atoms with van der Waals surface area (Å²) in [5, 5.41) is 37.5. The van der Waals surface area contributed by atoms with Gasteiger partial charge in [-0.05, 0) is 0 Å². The topological polar surface area (TPSA) is 143 Å². The second kappa shape index (κ2) is 837. The Morgan fingerprint density at radius 1 is 0.312 bits per heavy atom. The summed E-state index contributed by atoms with van der Waals surface area (Å²) < 4.78 is 0. The maximum absolute atomic E-state index is 6.25. The normalized spacial score (nSPS) is 0.750. The molecule has 0 fully saturated rings. The van der Waals surface area contributed by atoms with Crippen molar-refractivity contribution in [2.45, 2.75) is 0 Å². The fraction of sp³-hybridized carbons (Fsp3) is 0. The molecule has 0 saturated heterocycles. The Bertz CT molecular complexity index is 103. The molecule has 66 valence electrons. The number of hydrogen-bond donors (Lipinski definition) is 0. The molecule has 0 spiro atoms. The molecule has 0 aromatic carbocycles. The van der Waals surface area contributed by atoms with Crippen molar-refractivity contribution in [3.8, 4) is 0 Å². The molecule has 0 N–H and O–H groups in total.